The molecule has 1 saturated heterocycles. The Balaban J connectivity index is 1.53. The van der Waals surface area contributed by atoms with Gasteiger partial charge in [0.05, 0.1) is 11.8 Å². The first-order chi connectivity index (χ1) is 13.1. The first kappa shape index (κ1) is 18.3. The number of nitrogens with zero attached hydrogens (tertiary/aromatic N) is 2. The Morgan fingerprint density at radius 1 is 1.07 bits per heavy atom. The maximum atomic E-state index is 13.2. The SMILES string of the molecule is O=C(O)C1CN(C(=O)C2CSCN2C(=O)C2CCCC2)Cc2ccccc21. The van der Waals surface area contributed by atoms with Gasteiger partial charge < -0.3 is 14.9 Å². The molecule has 4 rings (SSSR count). The zero-order chi connectivity index (χ0) is 19.0. The first-order valence-corrected chi connectivity index (χ1v) is 10.7. The van der Waals surface area contributed by atoms with Crippen LogP contribution in [-0.4, -0.2) is 56.9 Å². The summed E-state index contributed by atoms with van der Waals surface area (Å²) in [7, 11) is 0. The van der Waals surface area contributed by atoms with Crippen molar-refractivity contribution in [3.8, 4) is 0 Å². The number of aliphatic carboxylic acids is 1. The van der Waals surface area contributed by atoms with Crippen LogP contribution in [0.5, 0.6) is 0 Å². The Hall–Kier alpha value is -2.02. The van der Waals surface area contributed by atoms with Gasteiger partial charge in [0.25, 0.3) is 0 Å². The zero-order valence-electron chi connectivity index (χ0n) is 15.2. The summed E-state index contributed by atoms with van der Waals surface area (Å²) in [6.07, 6.45) is 4.00. The molecule has 2 atom stereocenters. The summed E-state index contributed by atoms with van der Waals surface area (Å²) in [4.78, 5) is 41.2. The van der Waals surface area contributed by atoms with Crippen molar-refractivity contribution in [1.29, 1.82) is 0 Å². The van der Waals surface area contributed by atoms with E-state index in [-0.39, 0.29) is 24.3 Å². The number of hydrogen-bond acceptors (Lipinski definition) is 4. The molecule has 3 aliphatic rings. The summed E-state index contributed by atoms with van der Waals surface area (Å²) in [6.45, 7) is 0.573. The maximum Gasteiger partial charge on any atom is 0.312 e. The lowest BCUT2D eigenvalue weighted by Crippen LogP contribution is -2.52. The van der Waals surface area contributed by atoms with E-state index >= 15 is 0 Å². The average molecular weight is 388 g/mol. The predicted molar refractivity (Wildman–Crippen MR) is 102 cm³/mol. The largest absolute Gasteiger partial charge is 0.481 e. The Morgan fingerprint density at radius 3 is 2.56 bits per heavy atom. The molecule has 6 nitrogen and oxygen atoms in total. The van der Waals surface area contributed by atoms with Gasteiger partial charge in [0.1, 0.15) is 6.04 Å². The molecule has 2 unspecified atom stereocenters. The van der Waals surface area contributed by atoms with Gasteiger partial charge in [-0.15, -0.1) is 11.8 Å². The quantitative estimate of drug-likeness (QED) is 0.860. The second-order valence-electron chi connectivity index (χ2n) is 7.61. The van der Waals surface area contributed by atoms with Crippen molar-refractivity contribution in [2.45, 2.75) is 44.2 Å². The normalized spacial score (nSPS) is 25.5. The lowest BCUT2D eigenvalue weighted by molar-refractivity contribution is -0.148. The predicted octanol–water partition coefficient (Wildman–Crippen LogP) is 2.29. The van der Waals surface area contributed by atoms with Crippen molar-refractivity contribution in [1.82, 2.24) is 9.80 Å². The minimum atomic E-state index is -0.917. The second-order valence-corrected chi connectivity index (χ2v) is 8.61. The van der Waals surface area contributed by atoms with Gasteiger partial charge in [-0.05, 0) is 24.0 Å². The molecule has 7 heteroatoms. The van der Waals surface area contributed by atoms with Gasteiger partial charge in [-0.3, -0.25) is 14.4 Å². The molecule has 0 bridgehead atoms. The van der Waals surface area contributed by atoms with Crippen LogP contribution >= 0.6 is 11.8 Å². The van der Waals surface area contributed by atoms with E-state index in [2.05, 4.69) is 0 Å². The van der Waals surface area contributed by atoms with E-state index in [0.717, 1.165) is 36.8 Å². The molecule has 0 radical (unpaired) electrons. The number of hydrogen-bond donors (Lipinski definition) is 1. The van der Waals surface area contributed by atoms with Crippen molar-refractivity contribution in [2.24, 2.45) is 5.92 Å². The molecule has 2 heterocycles. The van der Waals surface area contributed by atoms with Gasteiger partial charge in [0.15, 0.2) is 0 Å². The Morgan fingerprint density at radius 2 is 1.81 bits per heavy atom. The topological polar surface area (TPSA) is 77.9 Å². The van der Waals surface area contributed by atoms with Gasteiger partial charge in [-0.2, -0.15) is 0 Å². The first-order valence-electron chi connectivity index (χ1n) is 9.54. The van der Waals surface area contributed by atoms with Crippen molar-refractivity contribution in [3.63, 3.8) is 0 Å². The Bertz CT molecular complexity index is 762. The summed E-state index contributed by atoms with van der Waals surface area (Å²) < 4.78 is 0. The van der Waals surface area contributed by atoms with Crippen LogP contribution in [0, 0.1) is 5.92 Å². The van der Waals surface area contributed by atoms with Crippen LogP contribution in [0.1, 0.15) is 42.7 Å². The third-order valence-corrected chi connectivity index (χ3v) is 6.97. The number of rotatable bonds is 3. The fourth-order valence-electron chi connectivity index (χ4n) is 4.47. The molecule has 1 N–H and O–H groups in total. The van der Waals surface area contributed by atoms with E-state index in [9.17, 15) is 19.5 Å². The number of carbonyl (C=O) groups excluding carboxylic acids is 2. The van der Waals surface area contributed by atoms with Crippen LogP contribution in [-0.2, 0) is 20.9 Å². The van der Waals surface area contributed by atoms with Crippen molar-refractivity contribution in [3.05, 3.63) is 35.4 Å². The molecule has 2 aliphatic heterocycles. The van der Waals surface area contributed by atoms with Crippen LogP contribution < -0.4 is 0 Å². The van der Waals surface area contributed by atoms with Crippen molar-refractivity contribution >= 4 is 29.5 Å². The highest BCUT2D eigenvalue weighted by atomic mass is 32.2. The van der Waals surface area contributed by atoms with Gasteiger partial charge in [-0.1, -0.05) is 37.1 Å². The number of carbonyl (C=O) groups is 3. The standard InChI is InChI=1S/C20H24N2O4S/c23-18(13-5-1-2-6-13)22-12-27-11-17(22)19(24)21-9-14-7-3-4-8-15(14)16(10-21)20(25)26/h3-4,7-8,13,16-17H,1-2,5-6,9-12H2,(H,25,26). The smallest absolute Gasteiger partial charge is 0.312 e. The van der Waals surface area contributed by atoms with E-state index in [1.54, 1.807) is 21.6 Å². The molecule has 1 saturated carbocycles. The minimum absolute atomic E-state index is 0.0489. The van der Waals surface area contributed by atoms with E-state index in [4.69, 9.17) is 0 Å². The lowest BCUT2D eigenvalue weighted by Gasteiger charge is -2.36. The van der Waals surface area contributed by atoms with E-state index in [1.807, 2.05) is 24.3 Å². The average Bonchev–Trinajstić information content (AvgIpc) is 3.37. The molecule has 2 fully saturated rings. The highest BCUT2D eigenvalue weighted by molar-refractivity contribution is 7.99. The number of amides is 2. The van der Waals surface area contributed by atoms with E-state index in [0.29, 0.717) is 18.2 Å². The molecular formula is C20H24N2O4S. The monoisotopic (exact) mass is 388 g/mol. The van der Waals surface area contributed by atoms with Gasteiger partial charge in [0, 0.05) is 24.8 Å². The van der Waals surface area contributed by atoms with Gasteiger partial charge in [0.2, 0.25) is 11.8 Å². The summed E-state index contributed by atoms with van der Waals surface area (Å²) in [5, 5.41) is 9.63. The molecule has 27 heavy (non-hydrogen) atoms. The summed E-state index contributed by atoms with van der Waals surface area (Å²) in [5.74, 6) is -0.458. The second kappa shape index (κ2) is 7.54. The third kappa shape index (κ3) is 3.45. The maximum absolute atomic E-state index is 13.2. The van der Waals surface area contributed by atoms with Gasteiger partial charge in [-0.25, -0.2) is 0 Å². The van der Waals surface area contributed by atoms with Crippen LogP contribution in [0.4, 0.5) is 0 Å². The molecule has 144 valence electrons. The Kier molecular flexibility index (Phi) is 5.12. The van der Waals surface area contributed by atoms with E-state index in [1.165, 1.54) is 0 Å². The number of fused-ring (bicyclic) bond motifs is 1. The molecule has 1 aliphatic carbocycles. The number of carboxylic acid groups (broad SMARTS) is 1. The van der Waals surface area contributed by atoms with Crippen molar-refractivity contribution < 1.29 is 19.5 Å². The van der Waals surface area contributed by atoms with Gasteiger partial charge >= 0.3 is 5.97 Å². The van der Waals surface area contributed by atoms with Crippen LogP contribution in [0.2, 0.25) is 0 Å². The minimum Gasteiger partial charge on any atom is -0.481 e. The summed E-state index contributed by atoms with van der Waals surface area (Å²) in [6, 6.07) is 6.95. The highest BCUT2D eigenvalue weighted by Gasteiger charge is 2.42. The van der Waals surface area contributed by atoms with E-state index < -0.39 is 17.9 Å². The molecule has 1 aromatic carbocycles. The summed E-state index contributed by atoms with van der Waals surface area (Å²) in [5.41, 5.74) is 1.66. The molecule has 0 aromatic heterocycles. The molecule has 0 spiro atoms. The zero-order valence-corrected chi connectivity index (χ0v) is 16.0. The van der Waals surface area contributed by atoms with Crippen molar-refractivity contribution in [2.75, 3.05) is 18.2 Å². The number of thioether (sulfide) groups is 1. The molecule has 2 amide bonds. The molecule has 1 aromatic rings. The highest BCUT2D eigenvalue weighted by Crippen LogP contribution is 2.33. The van der Waals surface area contributed by atoms with Crippen LogP contribution in [0.3, 0.4) is 0 Å². The fraction of sp³-hybridized carbons (Fsp3) is 0.550. The number of carboxylic acids is 1. The molecular weight excluding hydrogens is 364 g/mol. The number of benzene rings is 1. The lowest BCUT2D eigenvalue weighted by atomic mass is 9.89. The van der Waals surface area contributed by atoms with Crippen LogP contribution in [0.15, 0.2) is 24.3 Å². The van der Waals surface area contributed by atoms with Crippen LogP contribution in [0.25, 0.3) is 0 Å². The third-order valence-electron chi connectivity index (χ3n) is 5.96. The fourth-order valence-corrected chi connectivity index (χ4v) is 5.62. The Labute approximate surface area is 162 Å². The summed E-state index contributed by atoms with van der Waals surface area (Å²) >= 11 is 1.60.